The summed E-state index contributed by atoms with van der Waals surface area (Å²) >= 11 is 0. The SMILES string of the molecule is CCN1C(=O)[C@@H]2CN(C(=O)N(C)C)C[C@@H]2C12CCN(S(=O)(=O)c1cn(C)cn1)CC2. The molecule has 0 saturated carbocycles. The van der Waals surface area contributed by atoms with Crippen LogP contribution in [0.5, 0.6) is 0 Å². The van der Waals surface area contributed by atoms with E-state index in [0.717, 1.165) is 0 Å². The number of carbonyl (C=O) groups is 2. The summed E-state index contributed by atoms with van der Waals surface area (Å²) in [5, 5.41) is 0.0530. The fourth-order valence-corrected chi connectivity index (χ4v) is 6.94. The molecule has 1 aromatic heterocycles. The fraction of sp³-hybridized carbons (Fsp3) is 0.737. The third kappa shape index (κ3) is 3.01. The van der Waals surface area contributed by atoms with Crippen LogP contribution in [-0.4, -0.2) is 101 Å². The maximum atomic E-state index is 13.2. The minimum atomic E-state index is -3.66. The fourth-order valence-electron chi connectivity index (χ4n) is 5.54. The summed E-state index contributed by atoms with van der Waals surface area (Å²) in [6.07, 6.45) is 4.13. The number of imidazole rings is 1. The number of piperidine rings is 1. The molecule has 3 saturated heterocycles. The molecule has 2 atom stereocenters. The average Bonchev–Trinajstić information content (AvgIpc) is 3.39. The molecule has 0 bridgehead atoms. The molecule has 1 spiro atoms. The number of hydrogen-bond acceptors (Lipinski definition) is 5. The second kappa shape index (κ2) is 7.23. The topological polar surface area (TPSA) is 99.1 Å². The molecule has 0 aromatic carbocycles. The number of hydrogen-bond donors (Lipinski definition) is 0. The summed E-state index contributed by atoms with van der Waals surface area (Å²) < 4.78 is 29.0. The van der Waals surface area contributed by atoms with Gasteiger partial charge < -0.3 is 19.3 Å². The zero-order valence-corrected chi connectivity index (χ0v) is 18.8. The Morgan fingerprint density at radius 1 is 1.27 bits per heavy atom. The maximum Gasteiger partial charge on any atom is 0.319 e. The van der Waals surface area contributed by atoms with Gasteiger partial charge in [0.1, 0.15) is 0 Å². The number of likely N-dealkylation sites (tertiary alicyclic amines) is 2. The van der Waals surface area contributed by atoms with Gasteiger partial charge in [0, 0.05) is 66.0 Å². The highest BCUT2D eigenvalue weighted by Gasteiger charge is 2.62. The van der Waals surface area contributed by atoms with E-state index in [-0.39, 0.29) is 28.8 Å². The lowest BCUT2D eigenvalue weighted by atomic mass is 9.75. The lowest BCUT2D eigenvalue weighted by Crippen LogP contribution is -2.58. The molecule has 3 aliphatic heterocycles. The first-order valence-electron chi connectivity index (χ1n) is 10.4. The van der Waals surface area contributed by atoms with Crippen LogP contribution in [0, 0.1) is 11.8 Å². The van der Waals surface area contributed by atoms with E-state index in [1.165, 1.54) is 21.7 Å². The molecule has 1 aromatic rings. The summed E-state index contributed by atoms with van der Waals surface area (Å²) in [5.74, 6) is -0.0704. The van der Waals surface area contributed by atoms with Gasteiger partial charge in [-0.2, -0.15) is 4.31 Å². The standard InChI is InChI=1S/C19H30N6O4S/c1-5-25-17(26)14-10-23(18(27)21(2)3)11-15(14)19(25)6-8-24(9-7-19)30(28,29)16-12-22(4)13-20-16/h12-15H,5-11H2,1-4H3/t14-,15+/m1/s1. The summed E-state index contributed by atoms with van der Waals surface area (Å²) in [6, 6.07) is -0.0782. The Morgan fingerprint density at radius 2 is 1.93 bits per heavy atom. The van der Waals surface area contributed by atoms with Crippen LogP contribution >= 0.6 is 0 Å². The van der Waals surface area contributed by atoms with Gasteiger partial charge in [-0.25, -0.2) is 18.2 Å². The molecule has 166 valence electrons. The van der Waals surface area contributed by atoms with Crippen molar-refractivity contribution < 1.29 is 18.0 Å². The van der Waals surface area contributed by atoms with Gasteiger partial charge in [-0.3, -0.25) is 4.79 Å². The highest BCUT2D eigenvalue weighted by molar-refractivity contribution is 7.89. The first-order chi connectivity index (χ1) is 14.1. The molecule has 3 aliphatic rings. The van der Waals surface area contributed by atoms with E-state index in [1.807, 2.05) is 11.8 Å². The Labute approximate surface area is 177 Å². The predicted octanol–water partition coefficient (Wildman–Crippen LogP) is 0.0351. The second-order valence-electron chi connectivity index (χ2n) is 8.76. The molecule has 0 N–H and O–H groups in total. The van der Waals surface area contributed by atoms with E-state index in [1.54, 1.807) is 30.6 Å². The Kier molecular flexibility index (Phi) is 5.08. The molecule has 0 aliphatic carbocycles. The number of urea groups is 1. The number of aryl methyl sites for hydroxylation is 1. The monoisotopic (exact) mass is 438 g/mol. The quantitative estimate of drug-likeness (QED) is 0.663. The van der Waals surface area contributed by atoms with Crippen LogP contribution in [0.2, 0.25) is 0 Å². The molecule has 4 heterocycles. The molecule has 0 radical (unpaired) electrons. The molecule has 10 nitrogen and oxygen atoms in total. The summed E-state index contributed by atoms with van der Waals surface area (Å²) in [6.45, 7) is 4.23. The van der Waals surface area contributed by atoms with Crippen molar-refractivity contribution in [2.24, 2.45) is 18.9 Å². The minimum Gasteiger partial charge on any atom is -0.339 e. The average molecular weight is 439 g/mol. The first-order valence-corrected chi connectivity index (χ1v) is 11.8. The van der Waals surface area contributed by atoms with E-state index < -0.39 is 15.6 Å². The highest BCUT2D eigenvalue weighted by Crippen LogP contribution is 2.50. The molecule has 3 fully saturated rings. The normalized spacial score (nSPS) is 26.5. The van der Waals surface area contributed by atoms with E-state index in [9.17, 15) is 18.0 Å². The van der Waals surface area contributed by atoms with E-state index >= 15 is 0 Å². The van der Waals surface area contributed by atoms with Gasteiger partial charge in [-0.15, -0.1) is 0 Å². The van der Waals surface area contributed by atoms with Crippen LogP contribution in [0.4, 0.5) is 4.79 Å². The number of aromatic nitrogens is 2. The van der Waals surface area contributed by atoms with Crippen LogP contribution in [0.15, 0.2) is 17.6 Å². The number of rotatable bonds is 3. The number of sulfonamides is 1. The van der Waals surface area contributed by atoms with Crippen molar-refractivity contribution in [3.05, 3.63) is 12.5 Å². The van der Waals surface area contributed by atoms with Crippen molar-refractivity contribution >= 4 is 22.0 Å². The van der Waals surface area contributed by atoms with Crippen LogP contribution in [0.1, 0.15) is 19.8 Å². The van der Waals surface area contributed by atoms with Gasteiger partial charge in [0.15, 0.2) is 5.03 Å². The van der Waals surface area contributed by atoms with Gasteiger partial charge >= 0.3 is 6.03 Å². The molecular weight excluding hydrogens is 408 g/mol. The van der Waals surface area contributed by atoms with Crippen LogP contribution in [0.3, 0.4) is 0 Å². The lowest BCUT2D eigenvalue weighted by molar-refractivity contribution is -0.134. The number of amides is 3. The van der Waals surface area contributed by atoms with Gasteiger partial charge in [-0.1, -0.05) is 0 Å². The molecular formula is C19H30N6O4S. The second-order valence-corrected chi connectivity index (χ2v) is 10.6. The van der Waals surface area contributed by atoms with Crippen molar-refractivity contribution in [3.63, 3.8) is 0 Å². The third-order valence-electron chi connectivity index (χ3n) is 6.97. The van der Waals surface area contributed by atoms with Gasteiger partial charge in [-0.05, 0) is 19.8 Å². The Hall–Kier alpha value is -2.14. The maximum absolute atomic E-state index is 13.2. The van der Waals surface area contributed by atoms with E-state index in [2.05, 4.69) is 4.98 Å². The smallest absolute Gasteiger partial charge is 0.319 e. The number of nitrogens with zero attached hydrogens (tertiary/aromatic N) is 6. The van der Waals surface area contributed by atoms with Crippen molar-refractivity contribution in [1.29, 1.82) is 0 Å². The van der Waals surface area contributed by atoms with Crippen LogP contribution in [0.25, 0.3) is 0 Å². The summed E-state index contributed by atoms with van der Waals surface area (Å²) in [7, 11) is 1.51. The first kappa shape index (κ1) is 21.1. The van der Waals surface area contributed by atoms with Crippen molar-refractivity contribution in [3.8, 4) is 0 Å². The third-order valence-corrected chi connectivity index (χ3v) is 8.76. The van der Waals surface area contributed by atoms with Crippen LogP contribution in [-0.2, 0) is 21.9 Å². The van der Waals surface area contributed by atoms with Crippen LogP contribution < -0.4 is 0 Å². The van der Waals surface area contributed by atoms with E-state index in [4.69, 9.17) is 0 Å². The van der Waals surface area contributed by atoms with Gasteiger partial charge in [0.2, 0.25) is 5.91 Å². The molecule has 0 unspecified atom stereocenters. The van der Waals surface area contributed by atoms with Crippen molar-refractivity contribution in [1.82, 2.24) is 28.6 Å². The zero-order chi connectivity index (χ0) is 21.8. The summed E-state index contributed by atoms with van der Waals surface area (Å²) in [4.78, 5) is 34.9. The van der Waals surface area contributed by atoms with Crippen molar-refractivity contribution in [2.45, 2.75) is 30.3 Å². The molecule has 3 amide bonds. The number of fused-ring (bicyclic) bond motifs is 2. The lowest BCUT2D eigenvalue weighted by Gasteiger charge is -2.47. The molecule has 11 heteroatoms. The Morgan fingerprint density at radius 3 is 2.47 bits per heavy atom. The predicted molar refractivity (Wildman–Crippen MR) is 109 cm³/mol. The molecule has 30 heavy (non-hydrogen) atoms. The largest absolute Gasteiger partial charge is 0.339 e. The zero-order valence-electron chi connectivity index (χ0n) is 18.0. The van der Waals surface area contributed by atoms with E-state index in [0.29, 0.717) is 45.6 Å². The molecule has 4 rings (SSSR count). The Balaban J connectivity index is 1.56. The highest BCUT2D eigenvalue weighted by atomic mass is 32.2. The summed E-state index contributed by atoms with van der Waals surface area (Å²) in [5.41, 5.74) is -0.395. The van der Waals surface area contributed by atoms with Gasteiger partial charge in [0.05, 0.1) is 17.8 Å². The van der Waals surface area contributed by atoms with Gasteiger partial charge in [0.25, 0.3) is 10.0 Å². The number of carbonyl (C=O) groups excluding carboxylic acids is 2. The van der Waals surface area contributed by atoms with Crippen molar-refractivity contribution in [2.75, 3.05) is 46.8 Å². The minimum absolute atomic E-state index is 0.0357. The Bertz CT molecular complexity index is 950.